The summed E-state index contributed by atoms with van der Waals surface area (Å²) in [6.45, 7) is 8.08. The van der Waals surface area contributed by atoms with Crippen LogP contribution in [0.15, 0.2) is 4.79 Å². The van der Waals surface area contributed by atoms with Crippen LogP contribution in [0.25, 0.3) is 0 Å². The molecule has 0 aromatic carbocycles. The number of H-pyrrole nitrogens is 1. The predicted octanol–water partition coefficient (Wildman–Crippen LogP) is 2.04. The van der Waals surface area contributed by atoms with Gasteiger partial charge in [0.1, 0.15) is 17.7 Å². The maximum atomic E-state index is 12.0. The molecule has 0 aliphatic rings. The molecule has 1 aromatic rings. The Hall–Kier alpha value is -1.36. The topological polar surface area (TPSA) is 81.0 Å². The number of nitrogen functional groups attached to an aromatic ring is 1. The van der Waals surface area contributed by atoms with E-state index in [1.807, 2.05) is 27.7 Å². The Morgan fingerprint density at radius 2 is 2.06 bits per heavy atom. The zero-order chi connectivity index (χ0) is 13.9. The van der Waals surface area contributed by atoms with Gasteiger partial charge in [-0.1, -0.05) is 34.1 Å². The van der Waals surface area contributed by atoms with E-state index >= 15 is 0 Å². The minimum absolute atomic E-state index is 0.161. The number of hydrogen-bond acceptors (Lipinski definition) is 4. The van der Waals surface area contributed by atoms with Crippen LogP contribution < -0.4 is 11.3 Å². The van der Waals surface area contributed by atoms with E-state index in [1.54, 1.807) is 7.11 Å². The molecule has 0 saturated carbocycles. The van der Waals surface area contributed by atoms with Crippen LogP contribution in [0.2, 0.25) is 0 Å². The molecule has 5 nitrogen and oxygen atoms in total. The van der Waals surface area contributed by atoms with Crippen molar-refractivity contribution in [3.05, 3.63) is 21.7 Å². The lowest BCUT2D eigenvalue weighted by molar-refractivity contribution is 0.00857. The number of ether oxygens (including phenoxy) is 1. The van der Waals surface area contributed by atoms with E-state index < -0.39 is 0 Å². The van der Waals surface area contributed by atoms with Gasteiger partial charge in [0.05, 0.1) is 5.56 Å². The van der Waals surface area contributed by atoms with Crippen LogP contribution in [0.4, 0.5) is 5.82 Å². The zero-order valence-electron chi connectivity index (χ0n) is 11.8. The molecule has 3 N–H and O–H groups in total. The van der Waals surface area contributed by atoms with Crippen LogP contribution in [0.1, 0.15) is 51.6 Å². The minimum Gasteiger partial charge on any atom is -0.383 e. The van der Waals surface area contributed by atoms with Crippen molar-refractivity contribution in [3.8, 4) is 0 Å². The van der Waals surface area contributed by atoms with Gasteiger partial charge in [-0.15, -0.1) is 0 Å². The van der Waals surface area contributed by atoms with Gasteiger partial charge in [-0.25, -0.2) is 4.98 Å². The molecule has 102 valence electrons. The van der Waals surface area contributed by atoms with Crippen LogP contribution in [-0.4, -0.2) is 17.1 Å². The van der Waals surface area contributed by atoms with E-state index in [9.17, 15) is 4.79 Å². The van der Waals surface area contributed by atoms with Crippen molar-refractivity contribution in [2.75, 3.05) is 12.8 Å². The van der Waals surface area contributed by atoms with E-state index in [0.29, 0.717) is 23.6 Å². The molecule has 0 bridgehead atoms. The Labute approximate surface area is 108 Å². The molecule has 1 atom stereocenters. The SMILES string of the molecule is CCCc1c(N)nc(C(OC)C(C)(C)C)[nH]c1=O. The minimum atomic E-state index is -0.289. The second kappa shape index (κ2) is 5.52. The highest BCUT2D eigenvalue weighted by Crippen LogP contribution is 2.33. The largest absolute Gasteiger partial charge is 0.383 e. The molecule has 1 aromatic heterocycles. The summed E-state index contributed by atoms with van der Waals surface area (Å²) in [6, 6.07) is 0. The fraction of sp³-hybridized carbons (Fsp3) is 0.692. The van der Waals surface area contributed by atoms with Crippen molar-refractivity contribution < 1.29 is 4.74 Å². The average Bonchev–Trinajstić information content (AvgIpc) is 2.22. The van der Waals surface area contributed by atoms with Gasteiger partial charge in [0, 0.05) is 7.11 Å². The maximum absolute atomic E-state index is 12.0. The molecule has 1 heterocycles. The smallest absolute Gasteiger partial charge is 0.256 e. The van der Waals surface area contributed by atoms with Crippen molar-refractivity contribution in [1.29, 1.82) is 0 Å². The van der Waals surface area contributed by atoms with E-state index in [4.69, 9.17) is 10.5 Å². The van der Waals surface area contributed by atoms with E-state index in [1.165, 1.54) is 0 Å². The van der Waals surface area contributed by atoms with Crippen LogP contribution in [0.5, 0.6) is 0 Å². The number of anilines is 1. The molecule has 18 heavy (non-hydrogen) atoms. The highest BCUT2D eigenvalue weighted by Gasteiger charge is 2.29. The van der Waals surface area contributed by atoms with Gasteiger partial charge in [-0.2, -0.15) is 0 Å². The molecule has 0 aliphatic heterocycles. The first-order valence-electron chi connectivity index (χ1n) is 6.22. The van der Waals surface area contributed by atoms with Crippen molar-refractivity contribution in [3.63, 3.8) is 0 Å². The monoisotopic (exact) mass is 253 g/mol. The standard InChI is InChI=1S/C13H23N3O2/c1-6-7-8-10(14)15-11(16-12(8)17)9(18-5)13(2,3)4/h9H,6-7H2,1-5H3,(H3,14,15,16,17). The number of hydrogen-bond donors (Lipinski definition) is 2. The highest BCUT2D eigenvalue weighted by molar-refractivity contribution is 5.38. The van der Waals surface area contributed by atoms with E-state index in [-0.39, 0.29) is 17.1 Å². The summed E-state index contributed by atoms with van der Waals surface area (Å²) >= 11 is 0. The van der Waals surface area contributed by atoms with Crippen LogP contribution in [0.3, 0.4) is 0 Å². The summed E-state index contributed by atoms with van der Waals surface area (Å²) in [7, 11) is 1.60. The van der Waals surface area contributed by atoms with Gasteiger partial charge in [0.15, 0.2) is 0 Å². The fourth-order valence-electron chi connectivity index (χ4n) is 2.02. The molecule has 0 aliphatic carbocycles. The molecule has 0 fully saturated rings. The summed E-state index contributed by atoms with van der Waals surface area (Å²) in [5.41, 5.74) is 6.09. The Morgan fingerprint density at radius 1 is 1.44 bits per heavy atom. The molecule has 0 saturated heterocycles. The number of aromatic amines is 1. The third kappa shape index (κ3) is 3.10. The van der Waals surface area contributed by atoms with Gasteiger partial charge < -0.3 is 15.5 Å². The first kappa shape index (κ1) is 14.7. The number of rotatable bonds is 4. The Bertz CT molecular complexity index is 460. The number of nitrogens with two attached hydrogens (primary N) is 1. The highest BCUT2D eigenvalue weighted by atomic mass is 16.5. The van der Waals surface area contributed by atoms with Gasteiger partial charge in [-0.05, 0) is 11.8 Å². The molecular formula is C13H23N3O2. The first-order valence-corrected chi connectivity index (χ1v) is 6.22. The van der Waals surface area contributed by atoms with Gasteiger partial charge in [-0.3, -0.25) is 4.79 Å². The lowest BCUT2D eigenvalue weighted by Gasteiger charge is -2.28. The summed E-state index contributed by atoms with van der Waals surface area (Å²) in [4.78, 5) is 19.0. The summed E-state index contributed by atoms with van der Waals surface area (Å²) < 4.78 is 5.42. The molecule has 0 amide bonds. The fourth-order valence-corrected chi connectivity index (χ4v) is 2.02. The van der Waals surface area contributed by atoms with Gasteiger partial charge in [0.2, 0.25) is 0 Å². The number of aromatic nitrogens is 2. The number of nitrogens with one attached hydrogen (secondary N) is 1. The average molecular weight is 253 g/mol. The van der Waals surface area contributed by atoms with E-state index in [0.717, 1.165) is 6.42 Å². The molecule has 1 rings (SSSR count). The van der Waals surface area contributed by atoms with Crippen LogP contribution in [0, 0.1) is 5.41 Å². The normalized spacial score (nSPS) is 13.6. The summed E-state index contributed by atoms with van der Waals surface area (Å²) in [5.74, 6) is 0.800. The Kier molecular flexibility index (Phi) is 4.51. The van der Waals surface area contributed by atoms with Crippen molar-refractivity contribution in [2.45, 2.75) is 46.6 Å². The lowest BCUT2D eigenvalue weighted by atomic mass is 9.88. The van der Waals surface area contributed by atoms with E-state index in [2.05, 4.69) is 9.97 Å². The number of nitrogens with zero attached hydrogens (tertiary/aromatic N) is 1. The molecular weight excluding hydrogens is 230 g/mol. The third-order valence-electron chi connectivity index (χ3n) is 2.84. The van der Waals surface area contributed by atoms with Crippen LogP contribution in [-0.2, 0) is 11.2 Å². The Balaban J connectivity index is 3.24. The van der Waals surface area contributed by atoms with Crippen molar-refractivity contribution >= 4 is 5.82 Å². The second-order valence-electron chi connectivity index (χ2n) is 5.55. The van der Waals surface area contributed by atoms with Crippen molar-refractivity contribution in [2.24, 2.45) is 5.41 Å². The lowest BCUT2D eigenvalue weighted by Crippen LogP contribution is -2.27. The van der Waals surface area contributed by atoms with Crippen LogP contribution >= 0.6 is 0 Å². The number of methoxy groups -OCH3 is 1. The quantitative estimate of drug-likeness (QED) is 0.860. The molecule has 0 radical (unpaired) electrons. The molecule has 0 spiro atoms. The summed E-state index contributed by atoms with van der Waals surface area (Å²) in [6.07, 6.45) is 1.21. The molecule has 1 unspecified atom stereocenters. The first-order chi connectivity index (χ1) is 8.31. The zero-order valence-corrected chi connectivity index (χ0v) is 11.8. The Morgan fingerprint density at radius 3 is 2.44 bits per heavy atom. The van der Waals surface area contributed by atoms with Gasteiger partial charge in [0.25, 0.3) is 5.56 Å². The van der Waals surface area contributed by atoms with Crippen molar-refractivity contribution in [1.82, 2.24) is 9.97 Å². The predicted molar refractivity (Wildman–Crippen MR) is 72.5 cm³/mol. The molecule has 5 heteroatoms. The maximum Gasteiger partial charge on any atom is 0.256 e. The third-order valence-corrected chi connectivity index (χ3v) is 2.84. The second-order valence-corrected chi connectivity index (χ2v) is 5.55. The summed E-state index contributed by atoms with van der Waals surface area (Å²) in [5, 5.41) is 0. The van der Waals surface area contributed by atoms with Gasteiger partial charge >= 0.3 is 0 Å².